The van der Waals surface area contributed by atoms with Gasteiger partial charge in [-0.3, -0.25) is 14.5 Å². The van der Waals surface area contributed by atoms with Crippen LogP contribution in [0.1, 0.15) is 73.9 Å². The number of Topliss-reactive ketones (excluding diaryl/α,β-unsaturated/α-hetero) is 1. The fraction of sp³-hybridized carbons (Fsp3) is 0.462. The maximum absolute atomic E-state index is 12.7. The van der Waals surface area contributed by atoms with Gasteiger partial charge in [-0.2, -0.15) is 0 Å². The van der Waals surface area contributed by atoms with E-state index in [2.05, 4.69) is 11.9 Å². The maximum Gasteiger partial charge on any atom is 0.306 e. The van der Waals surface area contributed by atoms with Gasteiger partial charge in [-0.25, -0.2) is 0 Å². The fourth-order valence-electron chi connectivity index (χ4n) is 4.37. The molecular weight excluding hydrogens is 374 g/mol. The van der Waals surface area contributed by atoms with Gasteiger partial charge in [0.15, 0.2) is 5.78 Å². The first-order valence-corrected chi connectivity index (χ1v) is 11.1. The number of piperidine rings is 1. The standard InChI is InChI=1S/C26H33NO3/c1-3-11-26(29)30-25(21-14-8-5-9-15-21)19-23-17-10-16-22(27(23)2)18-24(28)20-12-6-4-7-13-20/h4-9,12-15,22-23,25H,3,10-11,16-19H2,1-2H3/t22-,23+,25+/m1/s1. The average molecular weight is 408 g/mol. The topological polar surface area (TPSA) is 46.6 Å². The summed E-state index contributed by atoms with van der Waals surface area (Å²) in [5.74, 6) is 0.0581. The van der Waals surface area contributed by atoms with E-state index in [0.29, 0.717) is 12.8 Å². The molecule has 0 aromatic heterocycles. The van der Waals surface area contributed by atoms with Gasteiger partial charge in [0, 0.05) is 36.9 Å². The Kier molecular flexibility index (Phi) is 8.21. The van der Waals surface area contributed by atoms with E-state index in [4.69, 9.17) is 4.74 Å². The van der Waals surface area contributed by atoms with Crippen molar-refractivity contribution < 1.29 is 14.3 Å². The van der Waals surface area contributed by atoms with E-state index in [1.807, 2.05) is 67.6 Å². The largest absolute Gasteiger partial charge is 0.457 e. The van der Waals surface area contributed by atoms with Crippen molar-refractivity contribution in [3.05, 3.63) is 71.8 Å². The molecule has 3 atom stereocenters. The molecule has 1 fully saturated rings. The second-order valence-electron chi connectivity index (χ2n) is 8.27. The highest BCUT2D eigenvalue weighted by molar-refractivity contribution is 5.96. The van der Waals surface area contributed by atoms with Crippen LogP contribution in [-0.2, 0) is 9.53 Å². The minimum Gasteiger partial charge on any atom is -0.457 e. The molecule has 0 N–H and O–H groups in total. The van der Waals surface area contributed by atoms with Crippen LogP contribution in [0, 0.1) is 0 Å². The van der Waals surface area contributed by atoms with Crippen LogP contribution in [0.5, 0.6) is 0 Å². The van der Waals surface area contributed by atoms with Crippen LogP contribution in [0.3, 0.4) is 0 Å². The highest BCUT2D eigenvalue weighted by Crippen LogP contribution is 2.32. The lowest BCUT2D eigenvalue weighted by Gasteiger charge is -2.40. The molecule has 1 aliphatic rings. The summed E-state index contributed by atoms with van der Waals surface area (Å²) in [6, 6.07) is 20.1. The van der Waals surface area contributed by atoms with Crippen molar-refractivity contribution in [1.82, 2.24) is 4.90 Å². The lowest BCUT2D eigenvalue weighted by Crippen LogP contribution is -2.45. The van der Waals surface area contributed by atoms with Crippen molar-refractivity contribution in [2.75, 3.05) is 7.05 Å². The molecule has 160 valence electrons. The highest BCUT2D eigenvalue weighted by Gasteiger charge is 2.32. The third-order valence-electron chi connectivity index (χ3n) is 6.13. The number of carbonyl (C=O) groups is 2. The first-order valence-electron chi connectivity index (χ1n) is 11.1. The number of hydrogen-bond acceptors (Lipinski definition) is 4. The molecule has 1 saturated heterocycles. The number of rotatable bonds is 9. The second kappa shape index (κ2) is 11.1. The molecule has 4 nitrogen and oxygen atoms in total. The predicted molar refractivity (Wildman–Crippen MR) is 119 cm³/mol. The summed E-state index contributed by atoms with van der Waals surface area (Å²) in [4.78, 5) is 27.3. The Balaban J connectivity index is 1.68. The summed E-state index contributed by atoms with van der Waals surface area (Å²) in [5, 5.41) is 0. The number of nitrogens with zero attached hydrogens (tertiary/aromatic N) is 1. The highest BCUT2D eigenvalue weighted by atomic mass is 16.5. The van der Waals surface area contributed by atoms with E-state index >= 15 is 0 Å². The van der Waals surface area contributed by atoms with Crippen molar-refractivity contribution in [2.24, 2.45) is 0 Å². The van der Waals surface area contributed by atoms with Crippen LogP contribution < -0.4 is 0 Å². The Bertz CT molecular complexity index is 806. The van der Waals surface area contributed by atoms with Crippen LogP contribution in [0.15, 0.2) is 60.7 Å². The Morgan fingerprint density at radius 3 is 2.30 bits per heavy atom. The fourth-order valence-corrected chi connectivity index (χ4v) is 4.37. The summed E-state index contributed by atoms with van der Waals surface area (Å²) >= 11 is 0. The van der Waals surface area contributed by atoms with Crippen molar-refractivity contribution in [2.45, 2.75) is 70.1 Å². The summed E-state index contributed by atoms with van der Waals surface area (Å²) in [6.07, 6.45) is 5.44. The SMILES string of the molecule is CCCC(=O)O[C@@H](C[C@@H]1CCC[C@H](CC(=O)c2ccccc2)N1C)c1ccccc1. The molecule has 0 saturated carbocycles. The molecule has 0 radical (unpaired) electrons. The molecule has 0 unspecified atom stereocenters. The third-order valence-corrected chi connectivity index (χ3v) is 6.13. The summed E-state index contributed by atoms with van der Waals surface area (Å²) < 4.78 is 5.88. The van der Waals surface area contributed by atoms with Crippen LogP contribution in [0.25, 0.3) is 0 Å². The molecule has 0 amide bonds. The zero-order chi connectivity index (χ0) is 21.3. The molecule has 2 aromatic carbocycles. The summed E-state index contributed by atoms with van der Waals surface area (Å²) in [5.41, 5.74) is 1.82. The molecule has 1 aliphatic heterocycles. The molecule has 0 spiro atoms. The van der Waals surface area contributed by atoms with Gasteiger partial charge in [-0.05, 0) is 31.9 Å². The minimum absolute atomic E-state index is 0.138. The molecule has 30 heavy (non-hydrogen) atoms. The van der Waals surface area contributed by atoms with Gasteiger partial charge in [0.1, 0.15) is 6.10 Å². The minimum atomic E-state index is -0.249. The van der Waals surface area contributed by atoms with Crippen molar-refractivity contribution in [3.63, 3.8) is 0 Å². The first kappa shape index (κ1) is 22.2. The summed E-state index contributed by atoms with van der Waals surface area (Å²) in [7, 11) is 2.11. The monoisotopic (exact) mass is 407 g/mol. The van der Waals surface area contributed by atoms with E-state index in [9.17, 15) is 9.59 Å². The van der Waals surface area contributed by atoms with Gasteiger partial charge in [0.2, 0.25) is 0 Å². The number of hydrogen-bond donors (Lipinski definition) is 0. The lowest BCUT2D eigenvalue weighted by molar-refractivity contribution is -0.150. The number of carbonyl (C=O) groups excluding carboxylic acids is 2. The van der Waals surface area contributed by atoms with Crippen molar-refractivity contribution in [3.8, 4) is 0 Å². The second-order valence-corrected chi connectivity index (χ2v) is 8.27. The van der Waals surface area contributed by atoms with Crippen molar-refractivity contribution in [1.29, 1.82) is 0 Å². The number of esters is 1. The van der Waals surface area contributed by atoms with E-state index in [1.54, 1.807) is 0 Å². The van der Waals surface area contributed by atoms with Crippen LogP contribution in [-0.4, -0.2) is 35.8 Å². The number of benzene rings is 2. The first-order chi connectivity index (χ1) is 14.6. The molecule has 3 rings (SSSR count). The van der Waals surface area contributed by atoms with Crippen molar-refractivity contribution >= 4 is 11.8 Å². The van der Waals surface area contributed by atoms with E-state index in [-0.39, 0.29) is 29.9 Å². The zero-order valence-corrected chi connectivity index (χ0v) is 18.1. The van der Waals surface area contributed by atoms with E-state index < -0.39 is 0 Å². The Morgan fingerprint density at radius 2 is 1.63 bits per heavy atom. The van der Waals surface area contributed by atoms with Crippen LogP contribution >= 0.6 is 0 Å². The smallest absolute Gasteiger partial charge is 0.306 e. The third kappa shape index (κ3) is 6.02. The molecule has 0 aliphatic carbocycles. The zero-order valence-electron chi connectivity index (χ0n) is 18.1. The average Bonchev–Trinajstić information content (AvgIpc) is 2.77. The lowest BCUT2D eigenvalue weighted by atomic mass is 9.88. The Hall–Kier alpha value is -2.46. The maximum atomic E-state index is 12.7. The molecular formula is C26H33NO3. The molecule has 2 aromatic rings. The normalized spacial score (nSPS) is 20.5. The van der Waals surface area contributed by atoms with Gasteiger partial charge in [-0.1, -0.05) is 74.0 Å². The summed E-state index contributed by atoms with van der Waals surface area (Å²) in [6.45, 7) is 1.99. The van der Waals surface area contributed by atoms with E-state index in [0.717, 1.165) is 43.2 Å². The quantitative estimate of drug-likeness (QED) is 0.402. The predicted octanol–water partition coefficient (Wildman–Crippen LogP) is 5.59. The van der Waals surface area contributed by atoms with Gasteiger partial charge < -0.3 is 4.74 Å². The van der Waals surface area contributed by atoms with Gasteiger partial charge in [0.05, 0.1) is 0 Å². The molecule has 1 heterocycles. The van der Waals surface area contributed by atoms with E-state index in [1.165, 1.54) is 0 Å². The Labute approximate surface area is 180 Å². The Morgan fingerprint density at radius 1 is 1.00 bits per heavy atom. The number of ether oxygens (including phenoxy) is 1. The van der Waals surface area contributed by atoms with Crippen LogP contribution in [0.4, 0.5) is 0 Å². The van der Waals surface area contributed by atoms with Gasteiger partial charge in [0.25, 0.3) is 0 Å². The van der Waals surface area contributed by atoms with Gasteiger partial charge in [-0.15, -0.1) is 0 Å². The van der Waals surface area contributed by atoms with Gasteiger partial charge >= 0.3 is 5.97 Å². The molecule has 4 heteroatoms. The van der Waals surface area contributed by atoms with Crippen LogP contribution in [0.2, 0.25) is 0 Å². The number of ketones is 1. The number of likely N-dealkylation sites (tertiary alicyclic amines) is 1. The molecule has 0 bridgehead atoms.